The second-order valence-electron chi connectivity index (χ2n) is 6.80. The first kappa shape index (κ1) is 22.2. The van der Waals surface area contributed by atoms with Crippen LogP contribution in [0.25, 0.3) is 0 Å². The first-order chi connectivity index (χ1) is 14.1. The van der Waals surface area contributed by atoms with Gasteiger partial charge in [-0.05, 0) is 61.7 Å². The van der Waals surface area contributed by atoms with Crippen molar-refractivity contribution in [2.75, 3.05) is 23.1 Å². The number of hydrogen-bond acceptors (Lipinski definition) is 3. The summed E-state index contributed by atoms with van der Waals surface area (Å²) in [6, 6.07) is 7.66. The number of rotatable bonds is 4. The van der Waals surface area contributed by atoms with Gasteiger partial charge in [-0.3, -0.25) is 4.72 Å². The van der Waals surface area contributed by atoms with Crippen molar-refractivity contribution in [3.05, 3.63) is 53.1 Å². The molecule has 30 heavy (non-hydrogen) atoms. The van der Waals surface area contributed by atoms with E-state index in [1.807, 2.05) is 4.72 Å². The zero-order valence-corrected chi connectivity index (χ0v) is 17.2. The molecule has 0 unspecified atom stereocenters. The van der Waals surface area contributed by atoms with Crippen molar-refractivity contribution < 1.29 is 26.4 Å². The second-order valence-corrected chi connectivity index (χ2v) is 8.91. The molecule has 3 rings (SSSR count). The third kappa shape index (κ3) is 5.37. The number of hydrogen-bond donors (Lipinski definition) is 2. The molecule has 2 aromatic rings. The lowest BCUT2D eigenvalue weighted by molar-refractivity contribution is -0.136. The number of nitrogens with zero attached hydrogens (tertiary/aromatic N) is 1. The van der Waals surface area contributed by atoms with Gasteiger partial charge in [-0.15, -0.1) is 0 Å². The zero-order chi connectivity index (χ0) is 21.9. The lowest BCUT2D eigenvalue weighted by Gasteiger charge is -2.26. The van der Waals surface area contributed by atoms with Crippen LogP contribution in [0.1, 0.15) is 24.8 Å². The average Bonchev–Trinajstić information content (AvgIpc) is 2.69. The molecule has 1 fully saturated rings. The Morgan fingerprint density at radius 1 is 1.00 bits per heavy atom. The number of anilines is 2. The van der Waals surface area contributed by atoms with Crippen molar-refractivity contribution in [2.24, 2.45) is 0 Å². The summed E-state index contributed by atoms with van der Waals surface area (Å²) in [5.41, 5.74) is -1.44. The van der Waals surface area contributed by atoms with Crippen LogP contribution in [0.4, 0.5) is 29.3 Å². The summed E-state index contributed by atoms with van der Waals surface area (Å²) in [6.07, 6.45) is -1.85. The van der Waals surface area contributed by atoms with Gasteiger partial charge in [-0.1, -0.05) is 11.6 Å². The maximum absolute atomic E-state index is 13.2. The molecule has 0 spiro atoms. The molecular weight excluding hydrogens is 443 g/mol. The standard InChI is InChI=1S/C19H19ClF3N3O3S/c20-13-4-9-17(16(12-13)19(21,22)23)25-30(28,29)15-7-5-14(6-8-15)24-18(27)26-10-2-1-3-11-26/h4-9,12,25H,1-3,10-11H2,(H,24,27). The number of benzene rings is 2. The highest BCUT2D eigenvalue weighted by atomic mass is 35.5. The number of halogens is 4. The van der Waals surface area contributed by atoms with Crippen LogP contribution in [0.5, 0.6) is 0 Å². The Kier molecular flexibility index (Phi) is 6.47. The van der Waals surface area contributed by atoms with Crippen molar-refractivity contribution in [1.82, 2.24) is 4.90 Å². The Morgan fingerprint density at radius 2 is 1.63 bits per heavy atom. The highest BCUT2D eigenvalue weighted by Crippen LogP contribution is 2.37. The Bertz CT molecular complexity index is 1020. The molecule has 0 bridgehead atoms. The van der Waals surface area contributed by atoms with Crippen LogP contribution in [0, 0.1) is 0 Å². The van der Waals surface area contributed by atoms with E-state index < -0.39 is 27.5 Å². The number of sulfonamides is 1. The Hall–Kier alpha value is -2.46. The molecule has 1 heterocycles. The molecule has 2 amide bonds. The van der Waals surface area contributed by atoms with E-state index in [0.717, 1.165) is 31.4 Å². The quantitative estimate of drug-likeness (QED) is 0.658. The summed E-state index contributed by atoms with van der Waals surface area (Å²) in [5.74, 6) is 0. The van der Waals surface area contributed by atoms with E-state index in [2.05, 4.69) is 5.32 Å². The first-order valence-corrected chi connectivity index (χ1v) is 11.0. The second kappa shape index (κ2) is 8.73. The van der Waals surface area contributed by atoms with Crippen LogP contribution in [-0.4, -0.2) is 32.4 Å². The van der Waals surface area contributed by atoms with Gasteiger partial charge in [0.15, 0.2) is 0 Å². The van der Waals surface area contributed by atoms with Crippen LogP contribution >= 0.6 is 11.6 Å². The normalized spacial score (nSPS) is 15.0. The van der Waals surface area contributed by atoms with E-state index in [1.54, 1.807) is 4.90 Å². The summed E-state index contributed by atoms with van der Waals surface area (Å²) in [7, 11) is -4.29. The van der Waals surface area contributed by atoms with Crippen LogP contribution in [0.2, 0.25) is 5.02 Å². The Morgan fingerprint density at radius 3 is 2.23 bits per heavy atom. The van der Waals surface area contributed by atoms with Gasteiger partial charge in [-0.2, -0.15) is 13.2 Å². The predicted octanol–water partition coefficient (Wildman–Crippen LogP) is 5.18. The number of carbonyl (C=O) groups excluding carboxylic acids is 1. The fraction of sp³-hybridized carbons (Fsp3) is 0.316. The lowest BCUT2D eigenvalue weighted by atomic mass is 10.1. The van der Waals surface area contributed by atoms with E-state index >= 15 is 0 Å². The van der Waals surface area contributed by atoms with Gasteiger partial charge in [0.2, 0.25) is 0 Å². The fourth-order valence-corrected chi connectivity index (χ4v) is 4.31. The minimum absolute atomic E-state index is 0.168. The van der Waals surface area contributed by atoms with Crippen LogP contribution in [0.15, 0.2) is 47.4 Å². The molecule has 2 aromatic carbocycles. The lowest BCUT2D eigenvalue weighted by Crippen LogP contribution is -2.38. The minimum atomic E-state index is -4.79. The SMILES string of the molecule is O=C(Nc1ccc(S(=O)(=O)Nc2ccc(Cl)cc2C(F)(F)F)cc1)N1CCCCC1. The first-order valence-electron chi connectivity index (χ1n) is 9.12. The molecule has 0 saturated carbocycles. The third-order valence-electron chi connectivity index (χ3n) is 4.59. The molecule has 2 N–H and O–H groups in total. The molecule has 0 aliphatic carbocycles. The third-order valence-corrected chi connectivity index (χ3v) is 6.21. The molecule has 0 aromatic heterocycles. The van der Waals surface area contributed by atoms with Crippen molar-refractivity contribution in [2.45, 2.75) is 30.3 Å². The van der Waals surface area contributed by atoms with Crippen molar-refractivity contribution in [3.63, 3.8) is 0 Å². The number of piperidine rings is 1. The van der Waals surface area contributed by atoms with Crippen molar-refractivity contribution in [3.8, 4) is 0 Å². The summed E-state index contributed by atoms with van der Waals surface area (Å²) in [6.45, 7) is 1.32. The zero-order valence-electron chi connectivity index (χ0n) is 15.7. The van der Waals surface area contributed by atoms with E-state index in [9.17, 15) is 26.4 Å². The topological polar surface area (TPSA) is 78.5 Å². The van der Waals surface area contributed by atoms with Crippen LogP contribution in [0.3, 0.4) is 0 Å². The van der Waals surface area contributed by atoms with Gasteiger partial charge in [0, 0.05) is 23.8 Å². The average molecular weight is 462 g/mol. The molecule has 162 valence electrons. The smallest absolute Gasteiger partial charge is 0.325 e. The summed E-state index contributed by atoms with van der Waals surface area (Å²) >= 11 is 5.61. The number of nitrogens with one attached hydrogen (secondary N) is 2. The summed E-state index contributed by atoms with van der Waals surface area (Å²) < 4.78 is 66.6. The molecule has 6 nitrogen and oxygen atoms in total. The van der Waals surface area contributed by atoms with E-state index in [4.69, 9.17) is 11.6 Å². The molecule has 1 saturated heterocycles. The maximum Gasteiger partial charge on any atom is 0.418 e. The van der Waals surface area contributed by atoms with Crippen LogP contribution in [-0.2, 0) is 16.2 Å². The largest absolute Gasteiger partial charge is 0.418 e. The fourth-order valence-electron chi connectivity index (χ4n) is 3.06. The number of alkyl halides is 3. The Balaban J connectivity index is 1.75. The molecule has 0 atom stereocenters. The van der Waals surface area contributed by atoms with Gasteiger partial charge in [0.1, 0.15) is 0 Å². The molecular formula is C19H19ClF3N3O3S. The number of likely N-dealkylation sites (tertiary alicyclic amines) is 1. The van der Waals surface area contributed by atoms with Gasteiger partial charge < -0.3 is 10.2 Å². The highest BCUT2D eigenvalue weighted by Gasteiger charge is 2.35. The maximum atomic E-state index is 13.2. The van der Waals surface area contributed by atoms with Gasteiger partial charge >= 0.3 is 12.2 Å². The monoisotopic (exact) mass is 461 g/mol. The predicted molar refractivity (Wildman–Crippen MR) is 108 cm³/mol. The van der Waals surface area contributed by atoms with E-state index in [1.165, 1.54) is 24.3 Å². The highest BCUT2D eigenvalue weighted by molar-refractivity contribution is 7.92. The number of carbonyl (C=O) groups is 1. The molecule has 1 aliphatic rings. The van der Waals surface area contributed by atoms with Gasteiger partial charge in [0.25, 0.3) is 10.0 Å². The molecule has 1 aliphatic heterocycles. The molecule has 0 radical (unpaired) electrons. The summed E-state index contributed by atoms with van der Waals surface area (Å²) in [4.78, 5) is 13.6. The van der Waals surface area contributed by atoms with Crippen molar-refractivity contribution in [1.29, 1.82) is 0 Å². The minimum Gasteiger partial charge on any atom is -0.325 e. The van der Waals surface area contributed by atoms with Crippen molar-refractivity contribution >= 4 is 39.0 Å². The number of urea groups is 1. The van der Waals surface area contributed by atoms with E-state index in [-0.39, 0.29) is 15.9 Å². The molecule has 11 heteroatoms. The van der Waals surface area contributed by atoms with Gasteiger partial charge in [0.05, 0.1) is 16.1 Å². The van der Waals surface area contributed by atoms with Crippen LogP contribution < -0.4 is 10.0 Å². The van der Waals surface area contributed by atoms with Gasteiger partial charge in [-0.25, -0.2) is 13.2 Å². The number of amides is 2. The Labute approximate surface area is 177 Å². The summed E-state index contributed by atoms with van der Waals surface area (Å²) in [5, 5.41) is 2.52. The van der Waals surface area contributed by atoms with E-state index in [0.29, 0.717) is 24.8 Å².